The largest absolute Gasteiger partial charge is 0.479 e. The van der Waals surface area contributed by atoms with Gasteiger partial charge in [-0.3, -0.25) is 0 Å². The molecule has 2 atom stereocenters. The summed E-state index contributed by atoms with van der Waals surface area (Å²) < 4.78 is 0. The van der Waals surface area contributed by atoms with Gasteiger partial charge in [-0.25, -0.2) is 9.59 Å². The molecule has 18 heavy (non-hydrogen) atoms. The molecule has 2 amide bonds. The molecule has 2 unspecified atom stereocenters. The van der Waals surface area contributed by atoms with Crippen molar-refractivity contribution in [1.82, 2.24) is 10.2 Å². The van der Waals surface area contributed by atoms with Gasteiger partial charge in [0, 0.05) is 13.1 Å². The highest BCUT2D eigenvalue weighted by Crippen LogP contribution is 2.34. The van der Waals surface area contributed by atoms with Crippen LogP contribution in [0.4, 0.5) is 4.79 Å². The number of amides is 2. The van der Waals surface area contributed by atoms with Crippen LogP contribution in [0.3, 0.4) is 0 Å². The van der Waals surface area contributed by atoms with Crippen molar-refractivity contribution in [3.8, 4) is 0 Å². The highest BCUT2D eigenvalue weighted by atomic mass is 16.4. The molecule has 2 fully saturated rings. The van der Waals surface area contributed by atoms with Gasteiger partial charge in [-0.05, 0) is 31.6 Å². The number of likely N-dealkylation sites (tertiary alicyclic amines) is 1. The van der Waals surface area contributed by atoms with Crippen molar-refractivity contribution in [2.24, 2.45) is 5.92 Å². The second kappa shape index (κ2) is 5.16. The number of carboxylic acid groups (broad SMARTS) is 1. The molecule has 1 saturated heterocycles. The average molecular weight is 254 g/mol. The number of hydrogen-bond acceptors (Lipinski definition) is 2. The van der Waals surface area contributed by atoms with Crippen LogP contribution >= 0.6 is 0 Å². The predicted octanol–water partition coefficient (Wildman–Crippen LogP) is 1.83. The first-order valence-electron chi connectivity index (χ1n) is 6.87. The third-order valence-electron chi connectivity index (χ3n) is 4.40. The van der Waals surface area contributed by atoms with Crippen molar-refractivity contribution in [3.05, 3.63) is 0 Å². The van der Waals surface area contributed by atoms with Crippen molar-refractivity contribution in [3.63, 3.8) is 0 Å². The fourth-order valence-corrected chi connectivity index (χ4v) is 3.09. The quantitative estimate of drug-likeness (QED) is 0.789. The SMILES string of the molecule is CC1CCCCC1(NC(=O)N1CCCC1)C(=O)O. The van der Waals surface area contributed by atoms with Crippen molar-refractivity contribution >= 4 is 12.0 Å². The highest BCUT2D eigenvalue weighted by molar-refractivity contribution is 5.86. The van der Waals surface area contributed by atoms with E-state index in [4.69, 9.17) is 0 Å². The molecule has 0 spiro atoms. The summed E-state index contributed by atoms with van der Waals surface area (Å²) in [6.45, 7) is 3.42. The van der Waals surface area contributed by atoms with E-state index in [9.17, 15) is 14.7 Å². The first-order chi connectivity index (χ1) is 8.56. The standard InChI is InChI=1S/C13H22N2O3/c1-10-6-2-3-7-13(10,11(16)17)14-12(18)15-8-4-5-9-15/h10H,2-9H2,1H3,(H,14,18)(H,16,17). The number of carbonyl (C=O) groups is 2. The molecular weight excluding hydrogens is 232 g/mol. The zero-order chi connectivity index (χ0) is 13.2. The molecule has 5 nitrogen and oxygen atoms in total. The van der Waals surface area contributed by atoms with Crippen molar-refractivity contribution < 1.29 is 14.7 Å². The van der Waals surface area contributed by atoms with Crippen LogP contribution in [0.2, 0.25) is 0 Å². The molecule has 1 aliphatic carbocycles. The van der Waals surface area contributed by atoms with Gasteiger partial charge in [-0.2, -0.15) is 0 Å². The Hall–Kier alpha value is -1.26. The van der Waals surface area contributed by atoms with Gasteiger partial charge in [0.1, 0.15) is 5.54 Å². The third-order valence-corrected chi connectivity index (χ3v) is 4.40. The molecular formula is C13H22N2O3. The summed E-state index contributed by atoms with van der Waals surface area (Å²) in [6, 6.07) is -0.205. The monoisotopic (exact) mass is 254 g/mol. The van der Waals surface area contributed by atoms with Gasteiger partial charge in [0.15, 0.2) is 0 Å². The third kappa shape index (κ3) is 2.31. The van der Waals surface area contributed by atoms with E-state index in [0.717, 1.165) is 45.2 Å². The fourth-order valence-electron chi connectivity index (χ4n) is 3.09. The Morgan fingerprint density at radius 3 is 2.44 bits per heavy atom. The Morgan fingerprint density at radius 1 is 1.22 bits per heavy atom. The summed E-state index contributed by atoms with van der Waals surface area (Å²) in [5, 5.41) is 12.3. The number of carboxylic acids is 1. The maximum atomic E-state index is 12.1. The Kier molecular flexibility index (Phi) is 3.78. The van der Waals surface area contributed by atoms with E-state index in [-0.39, 0.29) is 11.9 Å². The predicted molar refractivity (Wildman–Crippen MR) is 67.3 cm³/mol. The highest BCUT2D eigenvalue weighted by Gasteiger charge is 2.47. The zero-order valence-electron chi connectivity index (χ0n) is 10.9. The molecule has 102 valence electrons. The second-order valence-electron chi connectivity index (χ2n) is 5.55. The first kappa shape index (κ1) is 13.2. The van der Waals surface area contributed by atoms with E-state index in [1.807, 2.05) is 6.92 Å². The minimum atomic E-state index is -1.06. The fraction of sp³-hybridized carbons (Fsp3) is 0.846. The van der Waals surface area contributed by atoms with E-state index < -0.39 is 11.5 Å². The molecule has 1 heterocycles. The van der Waals surface area contributed by atoms with Gasteiger partial charge in [0.05, 0.1) is 0 Å². The van der Waals surface area contributed by atoms with Crippen LogP contribution in [0, 0.1) is 5.92 Å². The molecule has 0 bridgehead atoms. The number of aliphatic carboxylic acids is 1. The van der Waals surface area contributed by atoms with Gasteiger partial charge in [0.2, 0.25) is 0 Å². The molecule has 0 aromatic carbocycles. The van der Waals surface area contributed by atoms with Crippen LogP contribution in [-0.2, 0) is 4.79 Å². The molecule has 2 rings (SSSR count). The van der Waals surface area contributed by atoms with Crippen LogP contribution in [0.25, 0.3) is 0 Å². The lowest BCUT2D eigenvalue weighted by atomic mass is 9.73. The maximum absolute atomic E-state index is 12.1. The summed E-state index contributed by atoms with van der Waals surface area (Å²) in [5.74, 6) is -0.891. The van der Waals surface area contributed by atoms with Crippen LogP contribution < -0.4 is 5.32 Å². The summed E-state index contributed by atoms with van der Waals surface area (Å²) in [4.78, 5) is 25.5. The lowest BCUT2D eigenvalue weighted by molar-refractivity contribution is -0.148. The summed E-state index contributed by atoms with van der Waals surface area (Å²) in [7, 11) is 0. The Balaban J connectivity index is 2.10. The number of rotatable bonds is 2. The molecule has 2 aliphatic rings. The average Bonchev–Trinajstić information content (AvgIpc) is 2.85. The summed E-state index contributed by atoms with van der Waals surface area (Å²) >= 11 is 0. The lowest BCUT2D eigenvalue weighted by Gasteiger charge is -2.40. The van der Waals surface area contributed by atoms with Gasteiger partial charge < -0.3 is 15.3 Å². The van der Waals surface area contributed by atoms with E-state index in [1.165, 1.54) is 0 Å². The number of nitrogens with one attached hydrogen (secondary N) is 1. The smallest absolute Gasteiger partial charge is 0.329 e. The van der Waals surface area contributed by atoms with Gasteiger partial charge in [-0.15, -0.1) is 0 Å². The molecule has 0 aromatic rings. The van der Waals surface area contributed by atoms with E-state index in [2.05, 4.69) is 5.32 Å². The number of carbonyl (C=O) groups excluding carboxylic acids is 1. The molecule has 1 saturated carbocycles. The Morgan fingerprint density at radius 2 is 1.89 bits per heavy atom. The lowest BCUT2D eigenvalue weighted by Crippen LogP contribution is -2.62. The molecule has 2 N–H and O–H groups in total. The Labute approximate surface area is 108 Å². The van der Waals surface area contributed by atoms with Crippen molar-refractivity contribution in [2.75, 3.05) is 13.1 Å². The number of hydrogen-bond donors (Lipinski definition) is 2. The zero-order valence-corrected chi connectivity index (χ0v) is 10.9. The topological polar surface area (TPSA) is 69.6 Å². The van der Waals surface area contributed by atoms with Crippen LogP contribution in [0.1, 0.15) is 45.4 Å². The van der Waals surface area contributed by atoms with Crippen LogP contribution in [-0.4, -0.2) is 40.6 Å². The normalized spacial score (nSPS) is 32.3. The van der Waals surface area contributed by atoms with Crippen LogP contribution in [0.15, 0.2) is 0 Å². The van der Waals surface area contributed by atoms with Gasteiger partial charge >= 0.3 is 12.0 Å². The van der Waals surface area contributed by atoms with E-state index in [1.54, 1.807) is 4.90 Å². The van der Waals surface area contributed by atoms with Crippen molar-refractivity contribution in [1.29, 1.82) is 0 Å². The van der Waals surface area contributed by atoms with E-state index >= 15 is 0 Å². The van der Waals surface area contributed by atoms with Crippen molar-refractivity contribution in [2.45, 2.75) is 51.0 Å². The number of nitrogens with zero attached hydrogens (tertiary/aromatic N) is 1. The first-order valence-corrected chi connectivity index (χ1v) is 6.87. The molecule has 1 aliphatic heterocycles. The maximum Gasteiger partial charge on any atom is 0.329 e. The Bertz CT molecular complexity index is 339. The molecule has 0 radical (unpaired) electrons. The minimum absolute atomic E-state index is 0.00435. The second-order valence-corrected chi connectivity index (χ2v) is 5.55. The van der Waals surface area contributed by atoms with E-state index in [0.29, 0.717) is 6.42 Å². The molecule has 5 heteroatoms. The number of urea groups is 1. The van der Waals surface area contributed by atoms with Gasteiger partial charge in [0.25, 0.3) is 0 Å². The minimum Gasteiger partial charge on any atom is -0.479 e. The molecule has 0 aromatic heterocycles. The van der Waals surface area contributed by atoms with Gasteiger partial charge in [-0.1, -0.05) is 19.8 Å². The van der Waals surface area contributed by atoms with Crippen LogP contribution in [0.5, 0.6) is 0 Å². The summed E-state index contributed by atoms with van der Waals surface area (Å²) in [6.07, 6.45) is 5.37. The summed E-state index contributed by atoms with van der Waals surface area (Å²) in [5.41, 5.74) is -1.06.